The average molecular weight is 421 g/mol. The Morgan fingerprint density at radius 3 is 2.42 bits per heavy atom. The van der Waals surface area contributed by atoms with Crippen LogP contribution in [0.2, 0.25) is 0 Å². The van der Waals surface area contributed by atoms with E-state index in [9.17, 15) is 9.59 Å². The molecule has 164 valence electrons. The molecule has 4 rings (SSSR count). The molecule has 0 atom stereocenters. The minimum Gasteiger partial charge on any atom is -0.482 e. The lowest BCUT2D eigenvalue weighted by atomic mass is 9.82. The van der Waals surface area contributed by atoms with Crippen LogP contribution in [0, 0.1) is 0 Å². The van der Waals surface area contributed by atoms with Crippen LogP contribution in [0.25, 0.3) is 0 Å². The maximum absolute atomic E-state index is 12.7. The van der Waals surface area contributed by atoms with E-state index >= 15 is 0 Å². The van der Waals surface area contributed by atoms with E-state index in [1.807, 2.05) is 35.2 Å². The van der Waals surface area contributed by atoms with Crippen LogP contribution >= 0.6 is 0 Å². The van der Waals surface area contributed by atoms with Crippen LogP contribution in [0.3, 0.4) is 0 Å². The monoisotopic (exact) mass is 420 g/mol. The van der Waals surface area contributed by atoms with Crippen LogP contribution in [0.15, 0.2) is 42.5 Å². The topological polar surface area (TPSA) is 49.9 Å². The summed E-state index contributed by atoms with van der Waals surface area (Å²) in [6.07, 6.45) is 4.38. The fourth-order valence-electron chi connectivity index (χ4n) is 4.22. The number of nitrogens with zero attached hydrogens (tertiary/aromatic N) is 2. The fraction of sp³-hybridized carbons (Fsp3) is 0.462. The van der Waals surface area contributed by atoms with Crippen LogP contribution in [0.4, 0.5) is 5.69 Å². The number of amides is 2. The van der Waals surface area contributed by atoms with E-state index in [1.165, 1.54) is 12.0 Å². The number of carbonyl (C=O) groups is 2. The van der Waals surface area contributed by atoms with E-state index in [1.54, 1.807) is 4.90 Å². The van der Waals surface area contributed by atoms with Crippen molar-refractivity contribution in [1.82, 2.24) is 4.90 Å². The van der Waals surface area contributed by atoms with Crippen LogP contribution < -0.4 is 9.64 Å². The first-order chi connectivity index (χ1) is 14.9. The number of ether oxygens (including phenoxy) is 1. The van der Waals surface area contributed by atoms with E-state index in [2.05, 4.69) is 32.9 Å². The number of anilines is 1. The normalized spacial score (nSPS) is 16.7. The fourth-order valence-corrected chi connectivity index (χ4v) is 4.22. The van der Waals surface area contributed by atoms with Gasteiger partial charge in [-0.15, -0.1) is 0 Å². The maximum Gasteiger partial charge on any atom is 0.265 e. The molecule has 2 aromatic carbocycles. The number of likely N-dealkylation sites (tertiary alicyclic amines) is 1. The van der Waals surface area contributed by atoms with Crippen molar-refractivity contribution in [3.63, 3.8) is 0 Å². The van der Waals surface area contributed by atoms with Gasteiger partial charge in [-0.1, -0.05) is 39.0 Å². The molecule has 1 fully saturated rings. The second-order valence-corrected chi connectivity index (χ2v) is 9.24. The lowest BCUT2D eigenvalue weighted by Gasteiger charge is -2.32. The smallest absolute Gasteiger partial charge is 0.265 e. The third-order valence-electron chi connectivity index (χ3n) is 6.75. The standard InChI is InChI=1S/C26H32N2O3/c1-4-26(2,3)21-12-13-23-22(16-21)28(24(29)18-31-23)17-19-8-10-20(11-9-19)25(30)27-14-6-5-7-15-27/h8-13,16H,4-7,14-15,17-18H2,1-3H3. The average Bonchev–Trinajstić information content (AvgIpc) is 2.81. The molecule has 2 heterocycles. The SMILES string of the molecule is CCC(C)(C)c1ccc2c(c1)N(Cc1ccc(C(=O)N3CCCCC3)cc1)C(=O)CO2. The Balaban J connectivity index is 1.55. The molecule has 2 amide bonds. The molecular weight excluding hydrogens is 388 g/mol. The van der Waals surface area contributed by atoms with Crippen LogP contribution in [0.1, 0.15) is 67.9 Å². The van der Waals surface area contributed by atoms with Gasteiger partial charge in [-0.3, -0.25) is 9.59 Å². The molecule has 0 N–H and O–H groups in total. The third-order valence-corrected chi connectivity index (χ3v) is 6.75. The summed E-state index contributed by atoms with van der Waals surface area (Å²) in [5.74, 6) is 0.796. The minimum absolute atomic E-state index is 0.0255. The number of piperidine rings is 1. The first kappa shape index (κ1) is 21.4. The summed E-state index contributed by atoms with van der Waals surface area (Å²) in [6.45, 7) is 8.79. The highest BCUT2D eigenvalue weighted by molar-refractivity contribution is 5.98. The Morgan fingerprint density at radius 2 is 1.74 bits per heavy atom. The molecule has 0 unspecified atom stereocenters. The third kappa shape index (κ3) is 4.46. The zero-order valence-electron chi connectivity index (χ0n) is 18.8. The summed E-state index contributed by atoms with van der Waals surface area (Å²) in [5, 5.41) is 0. The van der Waals surface area contributed by atoms with E-state index < -0.39 is 0 Å². The first-order valence-corrected chi connectivity index (χ1v) is 11.3. The maximum atomic E-state index is 12.7. The van der Waals surface area contributed by atoms with Gasteiger partial charge in [0.2, 0.25) is 0 Å². The van der Waals surface area contributed by atoms with Gasteiger partial charge in [0.1, 0.15) is 5.75 Å². The van der Waals surface area contributed by atoms with Crippen LogP contribution in [-0.2, 0) is 16.8 Å². The highest BCUT2D eigenvalue weighted by Crippen LogP contribution is 2.38. The van der Waals surface area contributed by atoms with Gasteiger partial charge in [0.25, 0.3) is 11.8 Å². The second kappa shape index (κ2) is 8.74. The number of rotatable bonds is 5. The molecule has 0 radical (unpaired) electrons. The van der Waals surface area contributed by atoms with Gasteiger partial charge in [-0.2, -0.15) is 0 Å². The van der Waals surface area contributed by atoms with Crippen LogP contribution in [0.5, 0.6) is 5.75 Å². The Hall–Kier alpha value is -2.82. The molecular formula is C26H32N2O3. The Labute approximate surface area is 185 Å². The quantitative estimate of drug-likeness (QED) is 0.689. The summed E-state index contributed by atoms with van der Waals surface area (Å²) < 4.78 is 5.68. The minimum atomic E-state index is -0.0487. The molecule has 2 aliphatic heterocycles. The Bertz CT molecular complexity index is 959. The zero-order valence-corrected chi connectivity index (χ0v) is 18.8. The van der Waals surface area contributed by atoms with E-state index in [0.29, 0.717) is 12.1 Å². The van der Waals surface area contributed by atoms with Crippen molar-refractivity contribution in [3.05, 3.63) is 59.2 Å². The number of carbonyl (C=O) groups excluding carboxylic acids is 2. The summed E-state index contributed by atoms with van der Waals surface area (Å²) in [7, 11) is 0. The number of hydrogen-bond donors (Lipinski definition) is 0. The van der Waals surface area contributed by atoms with E-state index in [4.69, 9.17) is 4.74 Å². The molecule has 0 aliphatic carbocycles. The summed E-state index contributed by atoms with van der Waals surface area (Å²) in [4.78, 5) is 29.2. The molecule has 5 nitrogen and oxygen atoms in total. The molecule has 2 aromatic rings. The zero-order chi connectivity index (χ0) is 22.0. The highest BCUT2D eigenvalue weighted by atomic mass is 16.5. The summed E-state index contributed by atoms with van der Waals surface area (Å²) in [6, 6.07) is 13.8. The van der Waals surface area contributed by atoms with Crippen molar-refractivity contribution in [2.24, 2.45) is 0 Å². The predicted molar refractivity (Wildman–Crippen MR) is 123 cm³/mol. The lowest BCUT2D eigenvalue weighted by molar-refractivity contribution is -0.121. The molecule has 1 saturated heterocycles. The van der Waals surface area contributed by atoms with Crippen LogP contribution in [-0.4, -0.2) is 36.4 Å². The molecule has 5 heteroatoms. The lowest BCUT2D eigenvalue weighted by Crippen LogP contribution is -2.38. The van der Waals surface area contributed by atoms with Gasteiger partial charge in [-0.25, -0.2) is 0 Å². The van der Waals surface area contributed by atoms with Crippen molar-refractivity contribution in [1.29, 1.82) is 0 Å². The highest BCUT2D eigenvalue weighted by Gasteiger charge is 2.28. The van der Waals surface area contributed by atoms with Crippen molar-refractivity contribution >= 4 is 17.5 Å². The van der Waals surface area contributed by atoms with Gasteiger partial charge in [0.15, 0.2) is 6.61 Å². The van der Waals surface area contributed by atoms with Gasteiger partial charge in [0, 0.05) is 18.7 Å². The van der Waals surface area contributed by atoms with E-state index in [0.717, 1.165) is 49.4 Å². The number of hydrogen-bond acceptors (Lipinski definition) is 3. The molecule has 31 heavy (non-hydrogen) atoms. The van der Waals surface area contributed by atoms with Gasteiger partial charge < -0.3 is 14.5 Å². The van der Waals surface area contributed by atoms with Gasteiger partial charge >= 0.3 is 0 Å². The van der Waals surface area contributed by atoms with Crippen molar-refractivity contribution in [2.45, 2.75) is 58.4 Å². The molecule has 2 aliphatic rings. The van der Waals surface area contributed by atoms with Gasteiger partial charge in [-0.05, 0) is 66.5 Å². The number of benzene rings is 2. The molecule has 0 spiro atoms. The molecule has 0 saturated carbocycles. The Morgan fingerprint density at radius 1 is 1.03 bits per heavy atom. The predicted octanol–water partition coefficient (Wildman–Crippen LogP) is 4.93. The summed E-state index contributed by atoms with van der Waals surface area (Å²) >= 11 is 0. The molecule has 0 aromatic heterocycles. The first-order valence-electron chi connectivity index (χ1n) is 11.3. The van der Waals surface area contributed by atoms with E-state index in [-0.39, 0.29) is 23.8 Å². The van der Waals surface area contributed by atoms with Crippen molar-refractivity contribution in [2.75, 3.05) is 24.6 Å². The van der Waals surface area contributed by atoms with Crippen molar-refractivity contribution in [3.8, 4) is 5.75 Å². The van der Waals surface area contributed by atoms with Crippen molar-refractivity contribution < 1.29 is 14.3 Å². The van der Waals surface area contributed by atoms with Gasteiger partial charge in [0.05, 0.1) is 12.2 Å². The molecule has 0 bridgehead atoms. The largest absolute Gasteiger partial charge is 0.482 e. The second-order valence-electron chi connectivity index (χ2n) is 9.24. The number of fused-ring (bicyclic) bond motifs is 1. The Kier molecular flexibility index (Phi) is 6.03. The summed E-state index contributed by atoms with van der Waals surface area (Å²) in [5.41, 5.74) is 3.75.